The zero-order valence-corrected chi connectivity index (χ0v) is 8.66. The van der Waals surface area contributed by atoms with Gasteiger partial charge in [-0.05, 0) is 19.3 Å². The van der Waals surface area contributed by atoms with Crippen LogP contribution < -0.4 is 5.32 Å². The molecule has 0 spiro atoms. The number of aliphatic hydroxyl groups excluding tert-OH is 1. The molecule has 0 aromatic heterocycles. The maximum absolute atomic E-state index is 11.5. The van der Waals surface area contributed by atoms with Crippen LogP contribution in [-0.4, -0.2) is 37.4 Å². The second-order valence-corrected chi connectivity index (χ2v) is 3.83. The van der Waals surface area contributed by atoms with E-state index in [0.29, 0.717) is 13.0 Å². The Kier molecular flexibility index (Phi) is 4.90. The molecule has 4 nitrogen and oxygen atoms in total. The van der Waals surface area contributed by atoms with Crippen LogP contribution in [0.25, 0.3) is 0 Å². The highest BCUT2D eigenvalue weighted by atomic mass is 16.5. The molecular formula is C10H19NO3. The highest BCUT2D eigenvalue weighted by Gasteiger charge is 2.23. The fraction of sp³-hybridized carbons (Fsp3) is 0.900. The molecule has 2 atom stereocenters. The van der Waals surface area contributed by atoms with Gasteiger partial charge in [-0.2, -0.15) is 0 Å². The van der Waals surface area contributed by atoms with Crippen LogP contribution in [0, 0.1) is 5.92 Å². The topological polar surface area (TPSA) is 58.6 Å². The molecule has 1 aliphatic heterocycles. The fourth-order valence-corrected chi connectivity index (χ4v) is 1.82. The van der Waals surface area contributed by atoms with Crippen molar-refractivity contribution < 1.29 is 14.6 Å². The van der Waals surface area contributed by atoms with Crippen LogP contribution in [0.5, 0.6) is 0 Å². The van der Waals surface area contributed by atoms with Crippen LogP contribution in [0.3, 0.4) is 0 Å². The SMILES string of the molecule is COCC(O)CC1CCCCNC1=O. The summed E-state index contributed by atoms with van der Waals surface area (Å²) in [7, 11) is 1.55. The van der Waals surface area contributed by atoms with Crippen molar-refractivity contribution in [1.29, 1.82) is 0 Å². The van der Waals surface area contributed by atoms with Crippen LogP contribution in [0.15, 0.2) is 0 Å². The number of hydrogen-bond acceptors (Lipinski definition) is 3. The molecule has 1 rings (SSSR count). The molecule has 1 heterocycles. The van der Waals surface area contributed by atoms with E-state index in [4.69, 9.17) is 4.74 Å². The summed E-state index contributed by atoms with van der Waals surface area (Å²) in [6, 6.07) is 0. The lowest BCUT2D eigenvalue weighted by Gasteiger charge is -2.16. The molecule has 1 aliphatic rings. The summed E-state index contributed by atoms with van der Waals surface area (Å²) in [5.74, 6) is 0.0419. The second kappa shape index (κ2) is 5.98. The summed E-state index contributed by atoms with van der Waals surface area (Å²) in [4.78, 5) is 11.5. The number of methoxy groups -OCH3 is 1. The molecule has 0 aromatic rings. The molecule has 1 amide bonds. The fourth-order valence-electron chi connectivity index (χ4n) is 1.82. The van der Waals surface area contributed by atoms with Gasteiger partial charge in [0.05, 0.1) is 12.7 Å². The predicted octanol–water partition coefficient (Wildman–Crippen LogP) is 0.300. The maximum Gasteiger partial charge on any atom is 0.223 e. The molecule has 0 radical (unpaired) electrons. The molecule has 0 saturated carbocycles. The maximum atomic E-state index is 11.5. The van der Waals surface area contributed by atoms with Gasteiger partial charge in [-0.1, -0.05) is 6.42 Å². The summed E-state index contributed by atoms with van der Waals surface area (Å²) < 4.78 is 4.83. The molecule has 2 N–H and O–H groups in total. The minimum atomic E-state index is -0.520. The molecule has 2 unspecified atom stereocenters. The van der Waals surface area contributed by atoms with E-state index in [0.717, 1.165) is 25.8 Å². The summed E-state index contributed by atoms with van der Waals surface area (Å²) in [6.07, 6.45) is 2.98. The number of carbonyl (C=O) groups is 1. The van der Waals surface area contributed by atoms with Crippen molar-refractivity contribution in [3.8, 4) is 0 Å². The molecule has 1 fully saturated rings. The number of aliphatic hydroxyl groups is 1. The van der Waals surface area contributed by atoms with Crippen LogP contribution in [0.1, 0.15) is 25.7 Å². The van der Waals surface area contributed by atoms with Gasteiger partial charge < -0.3 is 15.2 Å². The van der Waals surface area contributed by atoms with Gasteiger partial charge in [0.1, 0.15) is 0 Å². The lowest BCUT2D eigenvalue weighted by atomic mass is 9.96. The Hall–Kier alpha value is -0.610. The lowest BCUT2D eigenvalue weighted by molar-refractivity contribution is -0.126. The van der Waals surface area contributed by atoms with Gasteiger partial charge in [0.25, 0.3) is 0 Å². The number of rotatable bonds is 4. The van der Waals surface area contributed by atoms with Crippen molar-refractivity contribution in [3.63, 3.8) is 0 Å². The van der Waals surface area contributed by atoms with Crippen molar-refractivity contribution in [2.75, 3.05) is 20.3 Å². The average Bonchev–Trinajstić information content (AvgIpc) is 2.33. The smallest absolute Gasteiger partial charge is 0.223 e. The first-order valence-corrected chi connectivity index (χ1v) is 5.18. The Morgan fingerprint density at radius 2 is 2.43 bits per heavy atom. The third-order valence-corrected chi connectivity index (χ3v) is 2.57. The highest BCUT2D eigenvalue weighted by molar-refractivity contribution is 5.78. The first-order chi connectivity index (χ1) is 6.74. The Balaban J connectivity index is 2.36. The molecule has 0 aromatic carbocycles. The zero-order chi connectivity index (χ0) is 10.4. The second-order valence-electron chi connectivity index (χ2n) is 3.83. The van der Waals surface area contributed by atoms with Crippen molar-refractivity contribution in [3.05, 3.63) is 0 Å². The number of amides is 1. The van der Waals surface area contributed by atoms with Gasteiger partial charge >= 0.3 is 0 Å². The van der Waals surface area contributed by atoms with Gasteiger partial charge in [0.2, 0.25) is 5.91 Å². The quantitative estimate of drug-likeness (QED) is 0.687. The molecular weight excluding hydrogens is 182 g/mol. The molecule has 0 bridgehead atoms. The number of carbonyl (C=O) groups excluding carboxylic acids is 1. The summed E-state index contributed by atoms with van der Waals surface area (Å²) in [6.45, 7) is 1.08. The minimum absolute atomic E-state index is 0.0392. The first kappa shape index (κ1) is 11.5. The van der Waals surface area contributed by atoms with Crippen LogP contribution >= 0.6 is 0 Å². The Labute approximate surface area is 84.6 Å². The molecule has 0 aliphatic carbocycles. The molecule has 14 heavy (non-hydrogen) atoms. The van der Waals surface area contributed by atoms with E-state index in [1.165, 1.54) is 0 Å². The van der Waals surface area contributed by atoms with Crippen LogP contribution in [0.2, 0.25) is 0 Å². The standard InChI is InChI=1S/C10H19NO3/c1-14-7-9(12)6-8-4-2-3-5-11-10(8)13/h8-9,12H,2-7H2,1H3,(H,11,13). The van der Waals surface area contributed by atoms with Crippen molar-refractivity contribution in [2.24, 2.45) is 5.92 Å². The molecule has 4 heteroatoms. The van der Waals surface area contributed by atoms with E-state index < -0.39 is 6.10 Å². The van der Waals surface area contributed by atoms with Gasteiger partial charge in [0.15, 0.2) is 0 Å². The predicted molar refractivity (Wildman–Crippen MR) is 52.9 cm³/mol. The third kappa shape index (κ3) is 3.64. The van der Waals surface area contributed by atoms with E-state index in [1.54, 1.807) is 7.11 Å². The Bertz CT molecular complexity index is 184. The van der Waals surface area contributed by atoms with E-state index in [-0.39, 0.29) is 11.8 Å². The summed E-state index contributed by atoms with van der Waals surface area (Å²) in [5.41, 5.74) is 0. The largest absolute Gasteiger partial charge is 0.391 e. The van der Waals surface area contributed by atoms with E-state index >= 15 is 0 Å². The van der Waals surface area contributed by atoms with Crippen molar-refractivity contribution >= 4 is 5.91 Å². The first-order valence-electron chi connectivity index (χ1n) is 5.18. The van der Waals surface area contributed by atoms with Crippen molar-refractivity contribution in [1.82, 2.24) is 5.32 Å². The monoisotopic (exact) mass is 201 g/mol. The zero-order valence-electron chi connectivity index (χ0n) is 8.66. The van der Waals surface area contributed by atoms with Gasteiger partial charge in [-0.25, -0.2) is 0 Å². The Morgan fingerprint density at radius 1 is 1.64 bits per heavy atom. The van der Waals surface area contributed by atoms with Crippen molar-refractivity contribution in [2.45, 2.75) is 31.8 Å². The third-order valence-electron chi connectivity index (χ3n) is 2.57. The average molecular weight is 201 g/mol. The molecule has 1 saturated heterocycles. The van der Waals surface area contributed by atoms with Gasteiger partial charge in [-0.3, -0.25) is 4.79 Å². The highest BCUT2D eigenvalue weighted by Crippen LogP contribution is 2.17. The number of ether oxygens (including phenoxy) is 1. The minimum Gasteiger partial charge on any atom is -0.391 e. The van der Waals surface area contributed by atoms with Crippen LogP contribution in [0.4, 0.5) is 0 Å². The number of nitrogens with one attached hydrogen (secondary N) is 1. The van der Waals surface area contributed by atoms with E-state index in [9.17, 15) is 9.90 Å². The summed E-state index contributed by atoms with van der Waals surface area (Å²) >= 11 is 0. The van der Waals surface area contributed by atoms with E-state index in [1.807, 2.05) is 0 Å². The van der Waals surface area contributed by atoms with E-state index in [2.05, 4.69) is 5.32 Å². The lowest BCUT2D eigenvalue weighted by Crippen LogP contribution is -2.32. The van der Waals surface area contributed by atoms with Gasteiger partial charge in [0, 0.05) is 19.6 Å². The normalized spacial score (nSPS) is 25.3. The summed E-state index contributed by atoms with van der Waals surface area (Å²) in [5, 5.41) is 12.4. The van der Waals surface area contributed by atoms with Gasteiger partial charge in [-0.15, -0.1) is 0 Å². The molecule has 82 valence electrons. The Morgan fingerprint density at radius 3 is 3.14 bits per heavy atom. The van der Waals surface area contributed by atoms with Crippen LogP contribution in [-0.2, 0) is 9.53 Å². The number of hydrogen-bond donors (Lipinski definition) is 2.